The summed E-state index contributed by atoms with van der Waals surface area (Å²) < 4.78 is 52.7. The summed E-state index contributed by atoms with van der Waals surface area (Å²) >= 11 is 3.99. The van der Waals surface area contributed by atoms with Gasteiger partial charge in [-0.1, -0.05) is 164 Å². The van der Waals surface area contributed by atoms with Gasteiger partial charge in [0.2, 0.25) is 10.0 Å². The molecule has 0 heterocycles. The van der Waals surface area contributed by atoms with Gasteiger partial charge in [0.15, 0.2) is 0 Å². The van der Waals surface area contributed by atoms with Gasteiger partial charge in [0.05, 0.1) is 38.4 Å². The van der Waals surface area contributed by atoms with Crippen molar-refractivity contribution in [3.63, 3.8) is 0 Å². The van der Waals surface area contributed by atoms with Crippen LogP contribution in [-0.4, -0.2) is 37.6 Å². The van der Waals surface area contributed by atoms with Crippen molar-refractivity contribution in [2.75, 3.05) is 5.75 Å². The number of aryl methyl sites for hydroxylation is 1. The summed E-state index contributed by atoms with van der Waals surface area (Å²) in [6, 6.07) is 45.5. The molecular weight excluding hydrogens is 719 g/mol. The highest BCUT2D eigenvalue weighted by molar-refractivity contribution is 9.09. The van der Waals surface area contributed by atoms with Crippen LogP contribution in [0.3, 0.4) is 0 Å². The van der Waals surface area contributed by atoms with Crippen LogP contribution < -0.4 is 15.1 Å². The van der Waals surface area contributed by atoms with E-state index in [1.165, 1.54) is 0 Å². The van der Waals surface area contributed by atoms with E-state index in [1.54, 1.807) is 24.3 Å². The molecule has 48 heavy (non-hydrogen) atoms. The quantitative estimate of drug-likeness (QED) is 0.0996. The summed E-state index contributed by atoms with van der Waals surface area (Å²) in [5.74, 6) is 0.139. The fourth-order valence-electron chi connectivity index (χ4n) is 6.07. The third-order valence-corrected chi connectivity index (χ3v) is 17.6. The van der Waals surface area contributed by atoms with Gasteiger partial charge in [-0.15, -0.1) is 0 Å². The molecule has 0 saturated heterocycles. The van der Waals surface area contributed by atoms with E-state index in [-0.39, 0.29) is 15.7 Å². The normalized spacial score (nSPS) is 14.9. The topological polar surface area (TPSA) is 72.5 Å². The van der Waals surface area contributed by atoms with Crippen LogP contribution in [0.1, 0.15) is 37.9 Å². The summed E-state index contributed by atoms with van der Waals surface area (Å²) in [6.07, 6.45) is -0.691. The summed E-state index contributed by atoms with van der Waals surface area (Å²) in [6.45, 7) is 8.51. The first-order chi connectivity index (χ1) is 22.9. The van der Waals surface area contributed by atoms with Crippen LogP contribution in [0, 0.1) is 6.92 Å². The third-order valence-electron chi connectivity index (χ3n) is 8.51. The smallest absolute Gasteiger partial charge is 0.261 e. The molecule has 0 aliphatic carbocycles. The monoisotopic (exact) mass is 759 g/mol. The van der Waals surface area contributed by atoms with Gasteiger partial charge in [-0.05, 0) is 52.2 Å². The number of nitrogens with one attached hydrogen (secondary N) is 1. The lowest BCUT2D eigenvalue weighted by Crippen LogP contribution is -2.69. The second-order valence-corrected chi connectivity index (χ2v) is 21.4. The number of sulfonamides is 1. The van der Waals surface area contributed by atoms with Crippen LogP contribution in [-0.2, 0) is 25.2 Å². The van der Waals surface area contributed by atoms with Crippen molar-refractivity contribution in [1.82, 2.24) is 4.72 Å². The van der Waals surface area contributed by atoms with Crippen LogP contribution in [0.15, 0.2) is 155 Å². The van der Waals surface area contributed by atoms with Gasteiger partial charge in [0.25, 0.3) is 8.32 Å². The van der Waals surface area contributed by atoms with E-state index < -0.39 is 46.1 Å². The first kappa shape index (κ1) is 36.1. The van der Waals surface area contributed by atoms with Gasteiger partial charge in [-0.3, -0.25) is 4.21 Å². The Balaban J connectivity index is 1.67. The fourth-order valence-corrected chi connectivity index (χ4v) is 14.7. The zero-order chi connectivity index (χ0) is 34.4. The van der Waals surface area contributed by atoms with Gasteiger partial charge in [-0.2, -0.15) is 0 Å². The largest absolute Gasteiger partial charge is 0.402 e. The molecule has 4 atom stereocenters. The molecule has 0 aliphatic heterocycles. The Morgan fingerprint density at radius 1 is 0.729 bits per heavy atom. The molecule has 0 saturated carbocycles. The summed E-state index contributed by atoms with van der Waals surface area (Å²) in [5, 5.41) is 1.80. The molecule has 0 aliphatic rings. The van der Waals surface area contributed by atoms with E-state index >= 15 is 0 Å². The first-order valence-corrected chi connectivity index (χ1v) is 21.6. The van der Waals surface area contributed by atoms with E-state index in [4.69, 9.17) is 4.43 Å². The van der Waals surface area contributed by atoms with Crippen molar-refractivity contribution in [2.24, 2.45) is 0 Å². The maximum absolute atomic E-state index is 14.2. The van der Waals surface area contributed by atoms with Crippen molar-refractivity contribution in [1.29, 1.82) is 0 Å². The van der Waals surface area contributed by atoms with E-state index in [9.17, 15) is 12.6 Å². The van der Waals surface area contributed by atoms with E-state index in [1.807, 2.05) is 104 Å². The number of halogens is 1. The minimum absolute atomic E-state index is 0.139. The zero-order valence-electron chi connectivity index (χ0n) is 27.6. The Kier molecular flexibility index (Phi) is 11.7. The fraction of sp³-hybridized carbons (Fsp3) is 0.231. The number of hydrogen-bond acceptors (Lipinski definition) is 4. The van der Waals surface area contributed by atoms with Crippen molar-refractivity contribution in [3.05, 3.63) is 157 Å². The van der Waals surface area contributed by atoms with Crippen LogP contribution in [0.5, 0.6) is 0 Å². The maximum atomic E-state index is 14.2. The number of hydrogen-bond donors (Lipinski definition) is 1. The van der Waals surface area contributed by atoms with E-state index in [2.05, 4.69) is 65.7 Å². The lowest BCUT2D eigenvalue weighted by Gasteiger charge is -2.46. The van der Waals surface area contributed by atoms with Crippen molar-refractivity contribution in [3.8, 4) is 0 Å². The Morgan fingerprint density at radius 2 is 1.19 bits per heavy atom. The number of rotatable bonds is 13. The molecule has 0 aromatic heterocycles. The lowest BCUT2D eigenvalue weighted by molar-refractivity contribution is 0.196. The van der Waals surface area contributed by atoms with E-state index in [0.29, 0.717) is 4.90 Å². The zero-order valence-corrected chi connectivity index (χ0v) is 31.8. The molecule has 250 valence electrons. The molecule has 0 spiro atoms. The molecule has 9 heteroatoms. The van der Waals surface area contributed by atoms with Crippen LogP contribution in [0.25, 0.3) is 0 Å². The minimum Gasteiger partial charge on any atom is -0.402 e. The Morgan fingerprint density at radius 3 is 1.67 bits per heavy atom. The first-order valence-electron chi connectivity index (χ1n) is 15.9. The number of benzene rings is 5. The molecule has 0 unspecified atom stereocenters. The Bertz CT molecular complexity index is 1850. The predicted octanol–water partition coefficient (Wildman–Crippen LogP) is 7.53. The molecular formula is C39H42BrNO4S2Si. The van der Waals surface area contributed by atoms with Crippen LogP contribution in [0.2, 0.25) is 5.04 Å². The van der Waals surface area contributed by atoms with Gasteiger partial charge in [0.1, 0.15) is 0 Å². The summed E-state index contributed by atoms with van der Waals surface area (Å²) in [5.41, 5.74) is 1.73. The summed E-state index contributed by atoms with van der Waals surface area (Å²) in [4.78, 5) is 0.241. The predicted molar refractivity (Wildman–Crippen MR) is 204 cm³/mol. The average molecular weight is 761 g/mol. The summed E-state index contributed by atoms with van der Waals surface area (Å²) in [7, 11) is -8.57. The standard InChI is InChI=1S/C39H42BrNO4S2Si/c1-30-25-27-33(28-26-30)47(43,44)41-38(31-17-9-5-10-18-31)37(40)36(29-46(42)32-19-11-6-12-20-32)45-48(39(2,3)4,34-21-13-7-14-22-34)35-23-15-8-16-24-35/h5-28,36-38,41H,29H2,1-4H3/t36-,37-,38+,46-/m0/s1. The molecule has 5 aromatic carbocycles. The molecule has 5 rings (SSSR count). The van der Waals surface area contributed by atoms with Crippen LogP contribution >= 0.6 is 15.9 Å². The van der Waals surface area contributed by atoms with Crippen LogP contribution in [0.4, 0.5) is 0 Å². The van der Waals surface area contributed by atoms with Gasteiger partial charge < -0.3 is 4.43 Å². The van der Waals surface area contributed by atoms with Crippen molar-refractivity contribution < 1.29 is 17.1 Å². The van der Waals surface area contributed by atoms with E-state index in [0.717, 1.165) is 21.5 Å². The number of alkyl halides is 1. The Labute approximate surface area is 297 Å². The maximum Gasteiger partial charge on any atom is 0.261 e. The molecule has 5 aromatic rings. The SMILES string of the molecule is Cc1ccc(S(=O)(=O)N[C@H](c2ccccc2)[C@@H](Br)[C@H](C[S@](=O)c2ccccc2)O[Si](c2ccccc2)(c2ccccc2)C(C)(C)C)cc1. The molecule has 0 fully saturated rings. The second-order valence-electron chi connectivity index (χ2n) is 12.9. The van der Waals surface area contributed by atoms with Crippen molar-refractivity contribution in [2.45, 2.75) is 59.5 Å². The molecule has 5 nitrogen and oxygen atoms in total. The lowest BCUT2D eigenvalue weighted by atomic mass is 10.0. The van der Waals surface area contributed by atoms with Gasteiger partial charge in [0, 0.05) is 4.90 Å². The highest BCUT2D eigenvalue weighted by atomic mass is 79.9. The third kappa shape index (κ3) is 8.16. The molecule has 1 N–H and O–H groups in total. The molecule has 0 radical (unpaired) electrons. The molecule has 0 bridgehead atoms. The minimum atomic E-state index is -3.96. The highest BCUT2D eigenvalue weighted by Crippen LogP contribution is 2.40. The Hall–Kier alpha value is -3.18. The highest BCUT2D eigenvalue weighted by Gasteiger charge is 2.53. The molecule has 0 amide bonds. The average Bonchev–Trinajstić information content (AvgIpc) is 3.10. The van der Waals surface area contributed by atoms with Gasteiger partial charge >= 0.3 is 0 Å². The van der Waals surface area contributed by atoms with Crippen molar-refractivity contribution >= 4 is 55.4 Å². The second kappa shape index (κ2) is 15.6. The van der Waals surface area contributed by atoms with Gasteiger partial charge in [-0.25, -0.2) is 13.1 Å².